The molecule has 6 atom stereocenters. The number of thiophene rings is 2. The van der Waals surface area contributed by atoms with E-state index in [0.29, 0.717) is 54.2 Å². The Morgan fingerprint density at radius 3 is 2.39 bits per heavy atom. The predicted molar refractivity (Wildman–Crippen MR) is 377 cm³/mol. The second-order valence-electron chi connectivity index (χ2n) is 29.0. The van der Waals surface area contributed by atoms with E-state index in [4.69, 9.17) is 19.7 Å². The predicted octanol–water partition coefficient (Wildman–Crippen LogP) is 13.2. The van der Waals surface area contributed by atoms with Crippen LogP contribution in [-0.2, 0) is 20.9 Å². The van der Waals surface area contributed by atoms with E-state index >= 15 is 0 Å². The van der Waals surface area contributed by atoms with Crippen LogP contribution < -0.4 is 25.6 Å². The van der Waals surface area contributed by atoms with Gasteiger partial charge >= 0.3 is 6.01 Å². The lowest BCUT2D eigenvalue weighted by atomic mass is 9.82. The number of piperidine rings is 1. The minimum atomic E-state index is -2.03. The van der Waals surface area contributed by atoms with Gasteiger partial charge in [-0.1, -0.05) is 112 Å². The smallest absolute Gasteiger partial charge is 0.319 e. The van der Waals surface area contributed by atoms with Crippen molar-refractivity contribution in [2.75, 3.05) is 50.8 Å². The fraction of sp³-hybridized carbons (Fsp3) is 0.549. The number of hydrogen-bond acceptors (Lipinski definition) is 16. The Morgan fingerprint density at radius 2 is 1.67 bits per heavy atom. The quantitative estimate of drug-likeness (QED) is 0.0258. The monoisotopic (exact) mass is 1320 g/mol. The Labute approximate surface area is 554 Å². The number of aliphatic hydroxyl groups is 1. The number of aromatic nitrogens is 6. The number of carbonyl (C=O) groups is 3. The number of aliphatic hydroxyl groups excluding tert-OH is 1. The summed E-state index contributed by atoms with van der Waals surface area (Å²) in [4.78, 5) is 70.4. The molecule has 0 aliphatic carbocycles. The number of aryl methyl sites for hydroxylation is 1. The van der Waals surface area contributed by atoms with E-state index in [1.54, 1.807) is 34.0 Å². The summed E-state index contributed by atoms with van der Waals surface area (Å²) in [6.07, 6.45) is 11.5. The lowest BCUT2D eigenvalue weighted by Crippen LogP contribution is -2.57. The Hall–Kier alpha value is -6.38. The SMILES string of the molecule is Cc1ncsc1-c1ccc(CNC(=O)[C@@H]2C[C@@H](O)CN2C(=O)[C@@H](NC(=O)CCCCCCN2CCCC(C)(COc3nc(N4C[C@H]5CC[C@@H](C4)N5)c4c(n3)sc3c(-c5c6cn[nH]c6cc6scc(C#C[Si](C(C)C)(C(C)C)C(C)C)c56)nccc34)C2)C(C)(C)C)cc1. The van der Waals surface area contributed by atoms with Crippen LogP contribution in [0.25, 0.3) is 63.0 Å². The van der Waals surface area contributed by atoms with Crippen molar-refractivity contribution in [2.45, 2.75) is 194 Å². The van der Waals surface area contributed by atoms with Gasteiger partial charge in [-0.2, -0.15) is 15.1 Å². The first-order chi connectivity index (χ1) is 44.1. The third-order valence-corrected chi connectivity index (χ3v) is 29.6. The fourth-order valence-corrected chi connectivity index (χ4v) is 23.6. The van der Waals surface area contributed by atoms with Gasteiger partial charge in [-0.25, -0.2) is 4.98 Å². The number of benzene rings is 2. The normalized spacial score (nSPS) is 20.9. The number of hydrogen-bond donors (Lipinski definition) is 5. The van der Waals surface area contributed by atoms with Crippen molar-refractivity contribution in [3.05, 3.63) is 76.5 Å². The number of anilines is 1. The van der Waals surface area contributed by atoms with Gasteiger partial charge in [-0.15, -0.1) is 39.6 Å². The van der Waals surface area contributed by atoms with Gasteiger partial charge in [0.1, 0.15) is 30.8 Å². The molecule has 92 heavy (non-hydrogen) atoms. The highest BCUT2D eigenvalue weighted by molar-refractivity contribution is 7.26. The summed E-state index contributed by atoms with van der Waals surface area (Å²) in [5, 5.41) is 35.1. The molecule has 4 aliphatic heterocycles. The molecule has 4 fully saturated rings. The maximum atomic E-state index is 14.3. The van der Waals surface area contributed by atoms with Gasteiger partial charge in [0, 0.05) is 107 Å². The van der Waals surface area contributed by atoms with Crippen molar-refractivity contribution in [2.24, 2.45) is 10.8 Å². The summed E-state index contributed by atoms with van der Waals surface area (Å²) in [6.45, 7) is 29.8. The molecule has 4 aliphatic rings. The molecule has 0 saturated carbocycles. The van der Waals surface area contributed by atoms with Crippen LogP contribution in [0.4, 0.5) is 5.82 Å². The highest BCUT2D eigenvalue weighted by atomic mass is 32.1. The van der Waals surface area contributed by atoms with Crippen LogP contribution in [-0.4, -0.2) is 147 Å². The zero-order chi connectivity index (χ0) is 64.8. The van der Waals surface area contributed by atoms with Crippen LogP contribution in [0.3, 0.4) is 0 Å². The Bertz CT molecular complexity index is 4030. The van der Waals surface area contributed by atoms with Gasteiger partial charge in [-0.05, 0) is 104 Å². The van der Waals surface area contributed by atoms with Crippen molar-refractivity contribution in [3.63, 3.8) is 0 Å². The standard InChI is InChI=1S/C71H92N12O5S3Si/c1-42(2)92(43(3)4,44(5)6)30-25-48-38-89-56-32-54-53(34-75-80-54)59(58(48)56)61-63-52(24-27-72-61)60-65(82-35-49-22-23-50(36-82)76-49)78-69(79-67(60)91-63)88-40-71(11)26-16-29-81(39-71)28-15-13-12-14-17-57(85)77-64(70(8,9)10)68(87)83-37-51(84)31-55(83)66(86)73-33-46-18-20-47(21-19-46)62-45(7)74-41-90-62/h18-21,24,27,32,34,38,41-44,49-51,55,64,76,84H,12-17,22-23,26,28-29,31,33,35-37,39-40H2,1-11H3,(H,73,86)(H,75,80)(H,77,85)/t49-,50+,51-,55+,64-,71?/m1/s1. The molecule has 21 heteroatoms. The third kappa shape index (κ3) is 13.5. The van der Waals surface area contributed by atoms with E-state index in [1.807, 2.05) is 69.9 Å². The molecule has 5 N–H and O–H groups in total. The van der Waals surface area contributed by atoms with Gasteiger partial charge in [0.2, 0.25) is 17.7 Å². The number of unbranched alkanes of at least 4 members (excludes halogenated alkanes) is 3. The molecule has 17 nitrogen and oxygen atoms in total. The number of ether oxygens (including phenoxy) is 1. The fourth-order valence-electron chi connectivity index (χ4n) is 15.5. The number of fused-ring (bicyclic) bond motifs is 7. The number of aromatic amines is 1. The highest BCUT2D eigenvalue weighted by Gasteiger charge is 2.45. The minimum Gasteiger partial charge on any atom is -0.463 e. The Kier molecular flexibility index (Phi) is 19.4. The summed E-state index contributed by atoms with van der Waals surface area (Å²) < 4.78 is 9.07. The molecule has 6 aromatic heterocycles. The van der Waals surface area contributed by atoms with Crippen molar-refractivity contribution in [1.29, 1.82) is 0 Å². The molecular formula is C71H92N12O5S3Si. The van der Waals surface area contributed by atoms with Gasteiger partial charge in [0.15, 0.2) is 0 Å². The van der Waals surface area contributed by atoms with Crippen LogP contribution in [0, 0.1) is 29.2 Å². The molecule has 2 aromatic carbocycles. The first kappa shape index (κ1) is 65.7. The molecule has 0 radical (unpaired) electrons. The van der Waals surface area contributed by atoms with Gasteiger partial charge in [0.05, 0.1) is 56.3 Å². The second-order valence-corrected chi connectivity index (χ2v) is 37.4. The molecule has 4 saturated heterocycles. The van der Waals surface area contributed by atoms with E-state index in [-0.39, 0.29) is 42.6 Å². The topological polar surface area (TPSA) is 207 Å². The van der Waals surface area contributed by atoms with Crippen molar-refractivity contribution >= 4 is 107 Å². The molecule has 3 amide bonds. The molecule has 10 heterocycles. The van der Waals surface area contributed by atoms with Crippen molar-refractivity contribution < 1.29 is 24.2 Å². The maximum absolute atomic E-state index is 14.3. The second kappa shape index (κ2) is 27.2. The molecule has 0 spiro atoms. The summed E-state index contributed by atoms with van der Waals surface area (Å²) in [5.74, 6) is 3.91. The van der Waals surface area contributed by atoms with E-state index in [2.05, 4.69) is 118 Å². The van der Waals surface area contributed by atoms with E-state index in [9.17, 15) is 19.5 Å². The Morgan fingerprint density at radius 1 is 0.924 bits per heavy atom. The maximum Gasteiger partial charge on any atom is 0.319 e. The molecule has 1 unspecified atom stereocenters. The van der Waals surface area contributed by atoms with Gasteiger partial charge < -0.3 is 40.5 Å². The molecule has 488 valence electrons. The van der Waals surface area contributed by atoms with E-state index in [1.165, 1.54) is 4.90 Å². The van der Waals surface area contributed by atoms with Crippen LogP contribution in [0.1, 0.15) is 150 Å². The van der Waals surface area contributed by atoms with Crippen molar-refractivity contribution in [1.82, 2.24) is 55.9 Å². The highest BCUT2D eigenvalue weighted by Crippen LogP contribution is 2.48. The lowest BCUT2D eigenvalue weighted by Gasteiger charge is -2.40. The molecule has 2 bridgehead atoms. The summed E-state index contributed by atoms with van der Waals surface area (Å²) in [5.41, 5.74) is 13.6. The summed E-state index contributed by atoms with van der Waals surface area (Å²) in [6, 6.07) is 11.9. The summed E-state index contributed by atoms with van der Waals surface area (Å²) >= 11 is 5.01. The molecule has 8 aromatic rings. The van der Waals surface area contributed by atoms with Crippen LogP contribution in [0.15, 0.2) is 59.7 Å². The van der Waals surface area contributed by atoms with E-state index in [0.717, 1.165) is 163 Å². The summed E-state index contributed by atoms with van der Waals surface area (Å²) in [7, 11) is -2.03. The number of nitrogens with one attached hydrogen (secondary N) is 4. The van der Waals surface area contributed by atoms with Gasteiger partial charge in [0.25, 0.3) is 0 Å². The van der Waals surface area contributed by atoms with Crippen LogP contribution in [0.2, 0.25) is 16.6 Å². The molecular weight excluding hydrogens is 1230 g/mol. The number of β-amino-alcohol motifs (C(OH)–C–C–N with tert-alkyl or cyclic N) is 1. The zero-order valence-electron chi connectivity index (χ0n) is 55.5. The average molecular weight is 1320 g/mol. The number of nitrogens with zero attached hydrogens (tertiary/aromatic N) is 8. The first-order valence-corrected chi connectivity index (χ1v) is 38.3. The number of likely N-dealkylation sites (tertiary alicyclic amines) is 2. The number of amides is 3. The minimum absolute atomic E-state index is 0.0307. The number of piperazine rings is 1. The number of thiazole rings is 1. The van der Waals surface area contributed by atoms with Gasteiger partial charge in [-0.3, -0.25) is 24.5 Å². The van der Waals surface area contributed by atoms with Crippen LogP contribution in [0.5, 0.6) is 6.01 Å². The van der Waals surface area contributed by atoms with Crippen LogP contribution >= 0.6 is 34.0 Å². The third-order valence-electron chi connectivity index (χ3n) is 20.3. The van der Waals surface area contributed by atoms with Crippen molar-refractivity contribution in [3.8, 4) is 39.2 Å². The average Bonchev–Trinajstić information content (AvgIpc) is 1.54. The zero-order valence-corrected chi connectivity index (χ0v) is 59.0. The lowest BCUT2D eigenvalue weighted by molar-refractivity contribution is -0.144. The number of rotatable bonds is 21. The number of pyridine rings is 1. The van der Waals surface area contributed by atoms with E-state index < -0.39 is 31.7 Å². The largest absolute Gasteiger partial charge is 0.463 e. The Balaban J connectivity index is 0.685. The number of H-pyrrole nitrogens is 1. The molecule has 12 rings (SSSR count). The number of carbonyl (C=O) groups excluding carboxylic acids is 3. The first-order valence-electron chi connectivity index (χ1n) is 33.5.